The van der Waals surface area contributed by atoms with E-state index in [1.807, 2.05) is 32.0 Å². The standard InChI is InChI=1S/C21H25BrN2O5/c1-4-10-28-21-16(22)11-15(12-19(21)26-3)13-23-24-20(25)14-29-18-9-7-6-8-17(18)27-5-2/h6-9,11-13H,4-5,10,14H2,1-3H3,(H,24,25)/b23-13+. The average Bonchev–Trinajstić information content (AvgIpc) is 2.72. The summed E-state index contributed by atoms with van der Waals surface area (Å²) in [6.45, 7) is 4.83. The van der Waals surface area contributed by atoms with Crippen LogP contribution in [0.25, 0.3) is 0 Å². The highest BCUT2D eigenvalue weighted by atomic mass is 79.9. The maximum absolute atomic E-state index is 12.0. The van der Waals surface area contributed by atoms with Crippen molar-refractivity contribution >= 4 is 28.1 Å². The molecule has 2 aromatic carbocycles. The quantitative estimate of drug-likeness (QED) is 0.398. The number of halogens is 1. The second kappa shape index (κ2) is 12.0. The van der Waals surface area contributed by atoms with Crippen molar-refractivity contribution in [2.24, 2.45) is 5.10 Å². The van der Waals surface area contributed by atoms with Gasteiger partial charge < -0.3 is 18.9 Å². The molecule has 1 N–H and O–H groups in total. The van der Waals surface area contributed by atoms with Gasteiger partial charge in [0.05, 0.1) is 31.0 Å². The number of hydrazone groups is 1. The van der Waals surface area contributed by atoms with Gasteiger partial charge in [-0.1, -0.05) is 19.1 Å². The third-order valence-corrected chi connectivity index (χ3v) is 4.20. The molecule has 0 saturated carbocycles. The highest BCUT2D eigenvalue weighted by Gasteiger charge is 2.11. The number of carbonyl (C=O) groups is 1. The first kappa shape index (κ1) is 22.5. The molecule has 0 atom stereocenters. The summed E-state index contributed by atoms with van der Waals surface area (Å²) in [5, 5.41) is 3.97. The van der Waals surface area contributed by atoms with Crippen molar-refractivity contribution in [1.29, 1.82) is 0 Å². The Hall–Kier alpha value is -2.74. The molecule has 2 rings (SSSR count). The van der Waals surface area contributed by atoms with E-state index in [-0.39, 0.29) is 12.5 Å². The van der Waals surface area contributed by atoms with Crippen molar-refractivity contribution in [3.63, 3.8) is 0 Å². The zero-order valence-electron chi connectivity index (χ0n) is 16.7. The van der Waals surface area contributed by atoms with Crippen molar-refractivity contribution in [3.05, 3.63) is 46.4 Å². The summed E-state index contributed by atoms with van der Waals surface area (Å²) in [6.07, 6.45) is 2.41. The van der Waals surface area contributed by atoms with Gasteiger partial charge in [-0.05, 0) is 59.1 Å². The van der Waals surface area contributed by atoms with Crippen LogP contribution in [0.15, 0.2) is 46.0 Å². The molecular weight excluding hydrogens is 440 g/mol. The number of ether oxygens (including phenoxy) is 4. The zero-order chi connectivity index (χ0) is 21.1. The van der Waals surface area contributed by atoms with Crippen LogP contribution in [0.1, 0.15) is 25.8 Å². The van der Waals surface area contributed by atoms with Crippen LogP contribution in [0.3, 0.4) is 0 Å². The van der Waals surface area contributed by atoms with Gasteiger partial charge in [0, 0.05) is 0 Å². The van der Waals surface area contributed by atoms with Gasteiger partial charge >= 0.3 is 0 Å². The molecular formula is C21H25BrN2O5. The molecule has 7 nitrogen and oxygen atoms in total. The van der Waals surface area contributed by atoms with Crippen LogP contribution < -0.4 is 24.4 Å². The minimum absolute atomic E-state index is 0.182. The minimum Gasteiger partial charge on any atom is -0.493 e. The molecule has 0 unspecified atom stereocenters. The number of amides is 1. The molecule has 0 aliphatic heterocycles. The van der Waals surface area contributed by atoms with Crippen molar-refractivity contribution < 1.29 is 23.7 Å². The van der Waals surface area contributed by atoms with E-state index in [1.165, 1.54) is 6.21 Å². The average molecular weight is 465 g/mol. The molecule has 0 radical (unpaired) electrons. The van der Waals surface area contributed by atoms with E-state index in [0.717, 1.165) is 16.5 Å². The first-order chi connectivity index (χ1) is 14.1. The normalized spacial score (nSPS) is 10.6. The van der Waals surface area contributed by atoms with Crippen LogP contribution in [0, 0.1) is 0 Å². The number of benzene rings is 2. The van der Waals surface area contributed by atoms with Gasteiger partial charge in [0.25, 0.3) is 5.91 Å². The molecule has 2 aromatic rings. The second-order valence-corrected chi connectivity index (χ2v) is 6.70. The third-order valence-electron chi connectivity index (χ3n) is 3.61. The molecule has 156 valence electrons. The van der Waals surface area contributed by atoms with E-state index >= 15 is 0 Å². The second-order valence-electron chi connectivity index (χ2n) is 5.84. The molecule has 0 saturated heterocycles. The van der Waals surface area contributed by atoms with E-state index in [9.17, 15) is 4.79 Å². The molecule has 0 aliphatic rings. The molecule has 29 heavy (non-hydrogen) atoms. The Morgan fingerprint density at radius 3 is 2.48 bits per heavy atom. The fourth-order valence-corrected chi connectivity index (χ4v) is 2.93. The molecule has 1 amide bonds. The fraction of sp³-hybridized carbons (Fsp3) is 0.333. The van der Waals surface area contributed by atoms with Gasteiger partial charge in [-0.25, -0.2) is 5.43 Å². The van der Waals surface area contributed by atoms with Crippen LogP contribution in [0.5, 0.6) is 23.0 Å². The van der Waals surface area contributed by atoms with Gasteiger partial charge in [-0.2, -0.15) is 5.10 Å². The van der Waals surface area contributed by atoms with Gasteiger partial charge in [0.2, 0.25) is 0 Å². The van der Waals surface area contributed by atoms with Gasteiger partial charge in [-0.15, -0.1) is 0 Å². The summed E-state index contributed by atoms with van der Waals surface area (Å²) >= 11 is 3.47. The summed E-state index contributed by atoms with van der Waals surface area (Å²) in [5.41, 5.74) is 3.17. The highest BCUT2D eigenvalue weighted by molar-refractivity contribution is 9.10. The number of para-hydroxylation sites is 2. The molecule has 0 aliphatic carbocycles. The lowest BCUT2D eigenvalue weighted by atomic mass is 10.2. The fourth-order valence-electron chi connectivity index (χ4n) is 2.36. The zero-order valence-corrected chi connectivity index (χ0v) is 18.3. The lowest BCUT2D eigenvalue weighted by Gasteiger charge is -2.12. The molecule has 0 bridgehead atoms. The monoisotopic (exact) mass is 464 g/mol. The van der Waals surface area contributed by atoms with Gasteiger partial charge in [0.15, 0.2) is 29.6 Å². The highest BCUT2D eigenvalue weighted by Crippen LogP contribution is 2.36. The number of hydrogen-bond acceptors (Lipinski definition) is 6. The SMILES string of the molecule is CCCOc1c(Br)cc(/C=N/NC(=O)COc2ccccc2OCC)cc1OC. The topological polar surface area (TPSA) is 78.4 Å². The van der Waals surface area contributed by atoms with Crippen LogP contribution >= 0.6 is 15.9 Å². The first-order valence-corrected chi connectivity index (χ1v) is 10.0. The Kier molecular flexibility index (Phi) is 9.30. The number of nitrogens with zero attached hydrogens (tertiary/aromatic N) is 1. The maximum atomic E-state index is 12.0. The smallest absolute Gasteiger partial charge is 0.277 e. The Labute approximate surface area is 179 Å². The summed E-state index contributed by atoms with van der Waals surface area (Å²) < 4.78 is 22.8. The number of nitrogens with one attached hydrogen (secondary N) is 1. The summed E-state index contributed by atoms with van der Waals surface area (Å²) in [5.74, 6) is 1.92. The first-order valence-electron chi connectivity index (χ1n) is 9.25. The Balaban J connectivity index is 1.94. The number of hydrogen-bond donors (Lipinski definition) is 1. The summed E-state index contributed by atoms with van der Waals surface area (Å²) in [7, 11) is 1.57. The van der Waals surface area contributed by atoms with E-state index in [2.05, 4.69) is 26.5 Å². The molecule has 8 heteroatoms. The maximum Gasteiger partial charge on any atom is 0.277 e. The Morgan fingerprint density at radius 1 is 1.10 bits per heavy atom. The summed E-state index contributed by atoms with van der Waals surface area (Å²) in [4.78, 5) is 12.0. The van der Waals surface area contributed by atoms with Crippen molar-refractivity contribution in [2.45, 2.75) is 20.3 Å². The Morgan fingerprint density at radius 2 is 1.83 bits per heavy atom. The van der Waals surface area contributed by atoms with Crippen LogP contribution in [0.4, 0.5) is 0 Å². The van der Waals surface area contributed by atoms with E-state index < -0.39 is 0 Å². The number of rotatable bonds is 11. The van der Waals surface area contributed by atoms with Crippen molar-refractivity contribution in [2.75, 3.05) is 26.9 Å². The van der Waals surface area contributed by atoms with Crippen molar-refractivity contribution in [1.82, 2.24) is 5.43 Å². The van der Waals surface area contributed by atoms with Crippen LogP contribution in [-0.4, -0.2) is 39.1 Å². The largest absolute Gasteiger partial charge is 0.493 e. The molecule has 0 heterocycles. The summed E-state index contributed by atoms with van der Waals surface area (Å²) in [6, 6.07) is 10.8. The lowest BCUT2D eigenvalue weighted by Crippen LogP contribution is -2.24. The molecule has 0 aromatic heterocycles. The number of methoxy groups -OCH3 is 1. The van der Waals surface area contributed by atoms with E-state index in [4.69, 9.17) is 18.9 Å². The predicted molar refractivity (Wildman–Crippen MR) is 115 cm³/mol. The lowest BCUT2D eigenvalue weighted by molar-refractivity contribution is -0.123. The molecule has 0 fully saturated rings. The number of carbonyl (C=O) groups excluding carboxylic acids is 1. The van der Waals surface area contributed by atoms with Crippen molar-refractivity contribution in [3.8, 4) is 23.0 Å². The third kappa shape index (κ3) is 6.98. The van der Waals surface area contributed by atoms with Crippen LogP contribution in [0.2, 0.25) is 0 Å². The molecule has 0 spiro atoms. The Bertz CT molecular complexity index is 842. The minimum atomic E-state index is -0.388. The van der Waals surface area contributed by atoms with Gasteiger partial charge in [-0.3, -0.25) is 4.79 Å². The van der Waals surface area contributed by atoms with E-state index in [0.29, 0.717) is 36.2 Å². The van der Waals surface area contributed by atoms with Gasteiger partial charge in [0.1, 0.15) is 0 Å². The van der Waals surface area contributed by atoms with E-state index in [1.54, 1.807) is 25.3 Å². The van der Waals surface area contributed by atoms with Crippen LogP contribution in [-0.2, 0) is 4.79 Å². The predicted octanol–water partition coefficient (Wildman–Crippen LogP) is 4.17.